The van der Waals surface area contributed by atoms with Crippen LogP contribution in [0.25, 0.3) is 0 Å². The number of ether oxygens (including phenoxy) is 1. The molecule has 2 aromatic carbocycles. The Morgan fingerprint density at radius 2 is 2.10 bits per heavy atom. The Kier molecular flexibility index (Phi) is 5.26. The van der Waals surface area contributed by atoms with Crippen LogP contribution in [0.5, 0.6) is 5.75 Å². The van der Waals surface area contributed by atoms with Crippen LogP contribution in [-0.2, 0) is 11.2 Å². The summed E-state index contributed by atoms with van der Waals surface area (Å²) < 4.78 is 6.18. The number of hydrogen-bond acceptors (Lipinski definition) is 2. The summed E-state index contributed by atoms with van der Waals surface area (Å²) in [5.74, 6) is -0.891. The molecule has 0 amide bonds. The molecule has 0 spiro atoms. The first-order chi connectivity index (χ1) is 10.0. The van der Waals surface area contributed by atoms with Gasteiger partial charge in [-0.2, -0.15) is 0 Å². The van der Waals surface area contributed by atoms with Gasteiger partial charge in [0.05, 0.1) is 13.0 Å². The molecule has 0 saturated carbocycles. The maximum absolute atomic E-state index is 11.6. The van der Waals surface area contributed by atoms with Crippen LogP contribution in [0.2, 0.25) is 5.02 Å². The van der Waals surface area contributed by atoms with Crippen molar-refractivity contribution in [2.75, 3.05) is 7.11 Å². The van der Waals surface area contributed by atoms with Crippen LogP contribution in [0, 0.1) is 0 Å². The normalized spacial score (nSPS) is 12.0. The summed E-state index contributed by atoms with van der Waals surface area (Å²) in [5, 5.41) is 10.0. The number of carboxylic acid groups (broad SMARTS) is 1. The van der Waals surface area contributed by atoms with Crippen LogP contribution in [0.15, 0.2) is 46.9 Å². The Labute approximate surface area is 136 Å². The van der Waals surface area contributed by atoms with Gasteiger partial charge in [-0.3, -0.25) is 4.79 Å². The van der Waals surface area contributed by atoms with Gasteiger partial charge in [0, 0.05) is 9.50 Å². The van der Waals surface area contributed by atoms with Crippen molar-refractivity contribution >= 4 is 33.5 Å². The van der Waals surface area contributed by atoms with Gasteiger partial charge in [0.1, 0.15) is 5.75 Å². The first-order valence-corrected chi connectivity index (χ1v) is 7.49. The van der Waals surface area contributed by atoms with Crippen molar-refractivity contribution in [3.05, 3.63) is 63.1 Å². The lowest BCUT2D eigenvalue weighted by atomic mass is 9.91. The molecule has 0 aromatic heterocycles. The molecule has 3 nitrogen and oxygen atoms in total. The van der Waals surface area contributed by atoms with E-state index in [4.69, 9.17) is 16.3 Å². The van der Waals surface area contributed by atoms with Crippen LogP contribution in [0.3, 0.4) is 0 Å². The maximum Gasteiger partial charge on any atom is 0.311 e. The third-order valence-corrected chi connectivity index (χ3v) is 3.94. The Balaban J connectivity index is 2.37. The van der Waals surface area contributed by atoms with E-state index in [2.05, 4.69) is 15.9 Å². The van der Waals surface area contributed by atoms with Crippen LogP contribution in [0.1, 0.15) is 17.0 Å². The fourth-order valence-electron chi connectivity index (χ4n) is 2.20. The Morgan fingerprint density at radius 1 is 1.33 bits per heavy atom. The zero-order chi connectivity index (χ0) is 15.4. The Bertz CT molecular complexity index is 658. The topological polar surface area (TPSA) is 46.5 Å². The van der Waals surface area contributed by atoms with E-state index < -0.39 is 11.9 Å². The fraction of sp³-hybridized carbons (Fsp3) is 0.188. The number of aliphatic carboxylic acids is 1. The molecule has 110 valence electrons. The average Bonchev–Trinajstić information content (AvgIpc) is 2.44. The number of hydrogen-bond donors (Lipinski definition) is 1. The fourth-order valence-corrected chi connectivity index (χ4v) is 2.80. The van der Waals surface area contributed by atoms with Gasteiger partial charge in [0.2, 0.25) is 0 Å². The molecule has 0 fully saturated rings. The van der Waals surface area contributed by atoms with Crippen LogP contribution >= 0.6 is 27.5 Å². The summed E-state index contributed by atoms with van der Waals surface area (Å²) in [6.45, 7) is 0. The molecule has 0 heterocycles. The Hall–Kier alpha value is -1.52. The minimum absolute atomic E-state index is 0.332. The standard InChI is InChI=1S/C16H14BrClO3/c1-21-15-6-5-12(17)7-11(15)9-14(16(19)20)10-3-2-4-13(18)8-10/h2-8,14H,9H2,1H3,(H,19,20). The number of benzene rings is 2. The van der Waals surface area contributed by atoms with E-state index in [1.807, 2.05) is 18.2 Å². The van der Waals surface area contributed by atoms with Crippen molar-refractivity contribution in [1.82, 2.24) is 0 Å². The Morgan fingerprint density at radius 3 is 2.71 bits per heavy atom. The largest absolute Gasteiger partial charge is 0.496 e. The SMILES string of the molecule is COc1ccc(Br)cc1CC(C(=O)O)c1cccc(Cl)c1. The van der Waals surface area contributed by atoms with Gasteiger partial charge < -0.3 is 9.84 Å². The van der Waals surface area contributed by atoms with Crippen LogP contribution < -0.4 is 4.74 Å². The average molecular weight is 370 g/mol. The molecule has 0 saturated heterocycles. The summed E-state index contributed by atoms with van der Waals surface area (Å²) >= 11 is 9.35. The second-order valence-corrected chi connectivity index (χ2v) is 5.96. The van der Waals surface area contributed by atoms with E-state index in [1.54, 1.807) is 31.4 Å². The van der Waals surface area contributed by atoms with E-state index in [0.29, 0.717) is 22.8 Å². The second kappa shape index (κ2) is 6.96. The van der Waals surface area contributed by atoms with Gasteiger partial charge in [-0.05, 0) is 47.9 Å². The van der Waals surface area contributed by atoms with Crippen molar-refractivity contribution in [3.63, 3.8) is 0 Å². The molecule has 2 aromatic rings. The predicted octanol–water partition coefficient (Wildman–Crippen LogP) is 4.52. The highest BCUT2D eigenvalue weighted by molar-refractivity contribution is 9.10. The highest BCUT2D eigenvalue weighted by Crippen LogP contribution is 2.30. The van der Waals surface area contributed by atoms with Gasteiger partial charge >= 0.3 is 5.97 Å². The quantitative estimate of drug-likeness (QED) is 0.843. The smallest absolute Gasteiger partial charge is 0.311 e. The first kappa shape index (κ1) is 15.9. The molecular formula is C16H14BrClO3. The highest BCUT2D eigenvalue weighted by Gasteiger charge is 2.22. The predicted molar refractivity (Wildman–Crippen MR) is 86.2 cm³/mol. The van der Waals surface area contributed by atoms with Crippen molar-refractivity contribution in [3.8, 4) is 5.75 Å². The van der Waals surface area contributed by atoms with Crippen molar-refractivity contribution < 1.29 is 14.6 Å². The van der Waals surface area contributed by atoms with Gasteiger partial charge in [0.15, 0.2) is 0 Å². The zero-order valence-electron chi connectivity index (χ0n) is 11.3. The minimum Gasteiger partial charge on any atom is -0.496 e. The van der Waals surface area contributed by atoms with Crippen LogP contribution in [0.4, 0.5) is 0 Å². The molecule has 1 N–H and O–H groups in total. The molecule has 0 aliphatic heterocycles. The number of rotatable bonds is 5. The van der Waals surface area contributed by atoms with E-state index in [-0.39, 0.29) is 0 Å². The summed E-state index contributed by atoms with van der Waals surface area (Å²) in [7, 11) is 1.57. The highest BCUT2D eigenvalue weighted by atomic mass is 79.9. The van der Waals surface area contributed by atoms with Crippen LogP contribution in [-0.4, -0.2) is 18.2 Å². The van der Waals surface area contributed by atoms with Gasteiger partial charge in [-0.1, -0.05) is 39.7 Å². The maximum atomic E-state index is 11.6. The number of methoxy groups -OCH3 is 1. The lowest BCUT2D eigenvalue weighted by Gasteiger charge is -2.15. The van der Waals surface area contributed by atoms with E-state index in [0.717, 1.165) is 10.0 Å². The molecule has 2 rings (SSSR count). The molecule has 0 aliphatic carbocycles. The van der Waals surface area contributed by atoms with Crippen molar-refractivity contribution in [2.45, 2.75) is 12.3 Å². The molecule has 0 radical (unpaired) electrons. The molecular weight excluding hydrogens is 356 g/mol. The molecule has 0 aliphatic rings. The van der Waals surface area contributed by atoms with Crippen molar-refractivity contribution in [2.24, 2.45) is 0 Å². The van der Waals surface area contributed by atoms with Gasteiger partial charge in [-0.25, -0.2) is 0 Å². The van der Waals surface area contributed by atoms with Gasteiger partial charge in [-0.15, -0.1) is 0 Å². The number of halogens is 2. The first-order valence-electron chi connectivity index (χ1n) is 6.32. The molecule has 1 atom stereocenters. The monoisotopic (exact) mass is 368 g/mol. The molecule has 5 heteroatoms. The zero-order valence-corrected chi connectivity index (χ0v) is 13.7. The number of carbonyl (C=O) groups is 1. The van der Waals surface area contributed by atoms with E-state index in [1.165, 1.54) is 0 Å². The van der Waals surface area contributed by atoms with Gasteiger partial charge in [0.25, 0.3) is 0 Å². The summed E-state index contributed by atoms with van der Waals surface area (Å²) in [5.41, 5.74) is 1.51. The summed E-state index contributed by atoms with van der Waals surface area (Å²) in [4.78, 5) is 11.6. The molecule has 21 heavy (non-hydrogen) atoms. The minimum atomic E-state index is -0.890. The second-order valence-electron chi connectivity index (χ2n) is 4.61. The lowest BCUT2D eigenvalue weighted by molar-refractivity contribution is -0.138. The summed E-state index contributed by atoms with van der Waals surface area (Å²) in [6.07, 6.45) is 0.332. The van der Waals surface area contributed by atoms with E-state index in [9.17, 15) is 9.90 Å². The molecule has 0 bridgehead atoms. The molecule has 1 unspecified atom stereocenters. The van der Waals surface area contributed by atoms with E-state index >= 15 is 0 Å². The number of carboxylic acids is 1. The third-order valence-electron chi connectivity index (χ3n) is 3.22. The van der Waals surface area contributed by atoms with Crippen molar-refractivity contribution in [1.29, 1.82) is 0 Å². The third kappa shape index (κ3) is 3.99. The lowest BCUT2D eigenvalue weighted by Crippen LogP contribution is -2.15. The summed E-state index contributed by atoms with van der Waals surface area (Å²) in [6, 6.07) is 12.5.